The third kappa shape index (κ3) is 2.06. The minimum Gasteiger partial charge on any atom is -0.383 e. The molecule has 0 atom stereocenters. The highest BCUT2D eigenvalue weighted by Crippen LogP contribution is 2.10. The van der Waals surface area contributed by atoms with Gasteiger partial charge in [-0.25, -0.2) is 0 Å². The first-order valence-electron chi connectivity index (χ1n) is 4.75. The molecule has 0 unspecified atom stereocenters. The van der Waals surface area contributed by atoms with Crippen molar-refractivity contribution in [1.29, 1.82) is 0 Å². The summed E-state index contributed by atoms with van der Waals surface area (Å²) in [5, 5.41) is 10.7. The van der Waals surface area contributed by atoms with Crippen LogP contribution < -0.4 is 11.1 Å². The minimum atomic E-state index is -0.197. The van der Waals surface area contributed by atoms with Crippen molar-refractivity contribution in [2.45, 2.75) is 6.54 Å². The summed E-state index contributed by atoms with van der Waals surface area (Å²) in [7, 11) is 1.70. The van der Waals surface area contributed by atoms with Gasteiger partial charge in [-0.1, -0.05) is 0 Å². The number of anilines is 1. The number of nitrogens with one attached hydrogen (secondary N) is 1. The Morgan fingerprint density at radius 3 is 3.06 bits per heavy atom. The molecular formula is C10H12N4OS. The smallest absolute Gasteiger partial charge is 0.256 e. The van der Waals surface area contributed by atoms with Crippen LogP contribution in [0.15, 0.2) is 23.0 Å². The molecule has 1 amide bonds. The molecule has 0 aromatic carbocycles. The number of carbonyl (C=O) groups excluding carboxylic acids is 1. The van der Waals surface area contributed by atoms with Crippen LogP contribution in [0.1, 0.15) is 15.9 Å². The first kappa shape index (κ1) is 10.7. The zero-order valence-electron chi connectivity index (χ0n) is 8.80. The Bertz CT molecular complexity index is 489. The predicted molar refractivity (Wildman–Crippen MR) is 63.1 cm³/mol. The molecular weight excluding hydrogens is 224 g/mol. The Kier molecular flexibility index (Phi) is 2.91. The number of nitrogens with two attached hydrogens (primary N) is 1. The molecule has 2 heterocycles. The van der Waals surface area contributed by atoms with E-state index in [9.17, 15) is 4.79 Å². The topological polar surface area (TPSA) is 72.9 Å². The fraction of sp³-hybridized carbons (Fsp3) is 0.200. The molecule has 0 aliphatic carbocycles. The lowest BCUT2D eigenvalue weighted by Gasteiger charge is -2.02. The van der Waals surface area contributed by atoms with Crippen LogP contribution in [0.2, 0.25) is 0 Å². The highest BCUT2D eigenvalue weighted by Gasteiger charge is 2.12. The van der Waals surface area contributed by atoms with Crippen LogP contribution in [0.4, 0.5) is 5.82 Å². The molecule has 2 aromatic heterocycles. The fourth-order valence-corrected chi connectivity index (χ4v) is 1.96. The average molecular weight is 236 g/mol. The molecule has 5 nitrogen and oxygen atoms in total. The quantitative estimate of drug-likeness (QED) is 0.834. The summed E-state index contributed by atoms with van der Waals surface area (Å²) in [5.41, 5.74) is 7.19. The molecule has 0 fully saturated rings. The third-order valence-electron chi connectivity index (χ3n) is 2.26. The van der Waals surface area contributed by atoms with Crippen molar-refractivity contribution < 1.29 is 4.79 Å². The molecule has 0 spiro atoms. The summed E-state index contributed by atoms with van der Waals surface area (Å²) in [6.45, 7) is 0.511. The number of rotatable bonds is 3. The Balaban J connectivity index is 2.01. The van der Waals surface area contributed by atoms with Crippen LogP contribution in [0.5, 0.6) is 0 Å². The van der Waals surface area contributed by atoms with Gasteiger partial charge in [-0.3, -0.25) is 9.48 Å². The van der Waals surface area contributed by atoms with E-state index < -0.39 is 0 Å². The monoisotopic (exact) mass is 236 g/mol. The maximum Gasteiger partial charge on any atom is 0.256 e. The molecule has 6 heteroatoms. The number of carbonyl (C=O) groups is 1. The molecule has 0 bridgehead atoms. The van der Waals surface area contributed by atoms with E-state index in [2.05, 4.69) is 10.4 Å². The number of hydrogen-bond acceptors (Lipinski definition) is 4. The van der Waals surface area contributed by atoms with Gasteiger partial charge >= 0.3 is 0 Å². The van der Waals surface area contributed by atoms with Gasteiger partial charge < -0.3 is 11.1 Å². The summed E-state index contributed by atoms with van der Waals surface area (Å²) in [4.78, 5) is 11.7. The third-order valence-corrected chi connectivity index (χ3v) is 2.99. The molecule has 16 heavy (non-hydrogen) atoms. The van der Waals surface area contributed by atoms with Gasteiger partial charge in [0.05, 0.1) is 6.20 Å². The fourth-order valence-electron chi connectivity index (χ4n) is 1.29. The molecule has 0 aliphatic rings. The van der Waals surface area contributed by atoms with Gasteiger partial charge in [0.2, 0.25) is 0 Å². The highest BCUT2D eigenvalue weighted by molar-refractivity contribution is 7.07. The molecule has 0 saturated heterocycles. The number of nitrogen functional groups attached to an aromatic ring is 1. The number of thiophene rings is 1. The summed E-state index contributed by atoms with van der Waals surface area (Å²) in [6.07, 6.45) is 1.47. The Morgan fingerprint density at radius 1 is 1.69 bits per heavy atom. The van der Waals surface area contributed by atoms with Gasteiger partial charge in [0, 0.05) is 13.6 Å². The Morgan fingerprint density at radius 2 is 2.50 bits per heavy atom. The Labute approximate surface area is 96.9 Å². The predicted octanol–water partition coefficient (Wildman–Crippen LogP) is 0.994. The van der Waals surface area contributed by atoms with E-state index in [1.807, 2.05) is 16.8 Å². The number of aryl methyl sites for hydroxylation is 1. The van der Waals surface area contributed by atoms with Crippen LogP contribution in [0.3, 0.4) is 0 Å². The highest BCUT2D eigenvalue weighted by atomic mass is 32.1. The van der Waals surface area contributed by atoms with Crippen molar-refractivity contribution in [3.63, 3.8) is 0 Å². The van der Waals surface area contributed by atoms with Crippen LogP contribution in [-0.2, 0) is 13.6 Å². The van der Waals surface area contributed by atoms with Crippen molar-refractivity contribution in [3.8, 4) is 0 Å². The minimum absolute atomic E-state index is 0.197. The number of hydrogen-bond donors (Lipinski definition) is 2. The number of aromatic nitrogens is 2. The molecule has 2 rings (SSSR count). The normalized spacial score (nSPS) is 10.3. The molecule has 0 saturated carbocycles. The summed E-state index contributed by atoms with van der Waals surface area (Å²) in [6, 6.07) is 1.97. The molecule has 84 valence electrons. The summed E-state index contributed by atoms with van der Waals surface area (Å²) in [5.74, 6) is 0.180. The first-order chi connectivity index (χ1) is 7.68. The van der Waals surface area contributed by atoms with Crippen LogP contribution in [0.25, 0.3) is 0 Å². The van der Waals surface area contributed by atoms with Gasteiger partial charge in [-0.15, -0.1) is 0 Å². The lowest BCUT2D eigenvalue weighted by atomic mass is 10.3. The van der Waals surface area contributed by atoms with Crippen molar-refractivity contribution in [2.24, 2.45) is 7.05 Å². The van der Waals surface area contributed by atoms with Gasteiger partial charge in [0.15, 0.2) is 0 Å². The van der Waals surface area contributed by atoms with Gasteiger partial charge in [-0.05, 0) is 22.4 Å². The van der Waals surface area contributed by atoms with Crippen LogP contribution in [0, 0.1) is 0 Å². The largest absolute Gasteiger partial charge is 0.383 e. The second-order valence-electron chi connectivity index (χ2n) is 3.38. The van der Waals surface area contributed by atoms with E-state index in [0.29, 0.717) is 17.9 Å². The van der Waals surface area contributed by atoms with E-state index in [0.717, 1.165) is 5.56 Å². The second kappa shape index (κ2) is 4.36. The second-order valence-corrected chi connectivity index (χ2v) is 4.16. The van der Waals surface area contributed by atoms with Crippen molar-refractivity contribution in [2.75, 3.05) is 5.73 Å². The standard InChI is InChI=1S/C10H12N4OS/c1-14-9(11)8(5-13-14)10(15)12-4-7-2-3-16-6-7/h2-3,5-6H,4,11H2,1H3,(H,12,15). The van der Waals surface area contributed by atoms with E-state index in [-0.39, 0.29) is 5.91 Å². The van der Waals surface area contributed by atoms with Crippen molar-refractivity contribution in [1.82, 2.24) is 15.1 Å². The van der Waals surface area contributed by atoms with Gasteiger partial charge in [0.25, 0.3) is 5.91 Å². The zero-order valence-corrected chi connectivity index (χ0v) is 9.62. The Hall–Kier alpha value is -1.82. The van der Waals surface area contributed by atoms with Crippen molar-refractivity contribution in [3.05, 3.63) is 34.2 Å². The zero-order chi connectivity index (χ0) is 11.5. The SMILES string of the molecule is Cn1ncc(C(=O)NCc2ccsc2)c1N. The molecule has 3 N–H and O–H groups in total. The number of nitrogens with zero attached hydrogens (tertiary/aromatic N) is 2. The van der Waals surface area contributed by atoms with Crippen LogP contribution >= 0.6 is 11.3 Å². The first-order valence-corrected chi connectivity index (χ1v) is 5.69. The lowest BCUT2D eigenvalue weighted by molar-refractivity contribution is 0.0952. The van der Waals surface area contributed by atoms with Crippen LogP contribution in [-0.4, -0.2) is 15.7 Å². The van der Waals surface area contributed by atoms with Gasteiger partial charge in [0.1, 0.15) is 11.4 Å². The summed E-state index contributed by atoms with van der Waals surface area (Å²) < 4.78 is 1.47. The van der Waals surface area contributed by atoms with E-state index in [4.69, 9.17) is 5.73 Å². The maximum absolute atomic E-state index is 11.7. The lowest BCUT2D eigenvalue weighted by Crippen LogP contribution is -2.23. The average Bonchev–Trinajstić information content (AvgIpc) is 2.88. The van der Waals surface area contributed by atoms with E-state index in [1.54, 1.807) is 18.4 Å². The molecule has 0 aliphatic heterocycles. The van der Waals surface area contributed by atoms with E-state index in [1.165, 1.54) is 10.9 Å². The van der Waals surface area contributed by atoms with Crippen molar-refractivity contribution >= 4 is 23.1 Å². The molecule has 2 aromatic rings. The van der Waals surface area contributed by atoms with Gasteiger partial charge in [-0.2, -0.15) is 16.4 Å². The summed E-state index contributed by atoms with van der Waals surface area (Å²) >= 11 is 1.60. The molecule has 0 radical (unpaired) electrons. The maximum atomic E-state index is 11.7. The number of amides is 1. The van der Waals surface area contributed by atoms with E-state index >= 15 is 0 Å².